The number of carboxylic acids is 1. The zero-order valence-corrected chi connectivity index (χ0v) is 8.02. The van der Waals surface area contributed by atoms with E-state index < -0.39 is 17.9 Å². The Labute approximate surface area is 90.0 Å². The average molecular weight is 218 g/mol. The molecule has 5 nitrogen and oxygen atoms in total. The highest BCUT2D eigenvalue weighted by Gasteiger charge is 2.33. The van der Waals surface area contributed by atoms with Crippen LogP contribution in [0, 0.1) is 0 Å². The van der Waals surface area contributed by atoms with Crippen LogP contribution in [0.1, 0.15) is 36.6 Å². The molecule has 0 saturated carbocycles. The Bertz CT molecular complexity index is 542. The zero-order chi connectivity index (χ0) is 11.9. The summed E-state index contributed by atoms with van der Waals surface area (Å²) in [6.07, 6.45) is 1.22. The fourth-order valence-electron chi connectivity index (χ4n) is 1.60. The normalized spacial score (nSPS) is 13.2. The molecule has 0 fully saturated rings. The van der Waals surface area contributed by atoms with E-state index in [1.165, 1.54) is 18.2 Å². The van der Waals surface area contributed by atoms with Crippen molar-refractivity contribution in [3.8, 4) is 0 Å². The Morgan fingerprint density at radius 3 is 2.56 bits per heavy atom. The van der Waals surface area contributed by atoms with Crippen molar-refractivity contribution in [3.63, 3.8) is 0 Å². The van der Waals surface area contributed by atoms with Crippen LogP contribution in [-0.2, 0) is 4.74 Å². The van der Waals surface area contributed by atoms with E-state index in [1.54, 1.807) is 0 Å². The van der Waals surface area contributed by atoms with Gasteiger partial charge in [-0.1, -0.05) is 12.7 Å². The molecule has 0 radical (unpaired) electrons. The van der Waals surface area contributed by atoms with E-state index in [9.17, 15) is 14.4 Å². The molecular weight excluding hydrogens is 212 g/mol. The number of benzene rings is 1. The fraction of sp³-hybridized carbons (Fsp3) is 0. The second kappa shape index (κ2) is 3.30. The molecule has 1 aliphatic heterocycles. The van der Waals surface area contributed by atoms with Gasteiger partial charge in [0.05, 0.1) is 16.7 Å². The Morgan fingerprint density at radius 1 is 1.31 bits per heavy atom. The van der Waals surface area contributed by atoms with Crippen LogP contribution in [0.4, 0.5) is 0 Å². The third kappa shape index (κ3) is 1.22. The summed E-state index contributed by atoms with van der Waals surface area (Å²) in [6, 6.07) is 2.51. The highest BCUT2D eigenvalue weighted by Crippen LogP contribution is 2.27. The smallest absolute Gasteiger partial charge is 0.347 e. The lowest BCUT2D eigenvalue weighted by Gasteiger charge is -2.03. The highest BCUT2D eigenvalue weighted by molar-refractivity contribution is 6.17. The Kier molecular flexibility index (Phi) is 2.09. The van der Waals surface area contributed by atoms with Crippen molar-refractivity contribution in [1.82, 2.24) is 0 Å². The first-order valence-electron chi connectivity index (χ1n) is 4.35. The van der Waals surface area contributed by atoms with Crippen molar-refractivity contribution in [2.24, 2.45) is 0 Å². The van der Waals surface area contributed by atoms with E-state index in [4.69, 9.17) is 5.11 Å². The van der Waals surface area contributed by atoms with Gasteiger partial charge in [-0.15, -0.1) is 0 Å². The largest absolute Gasteiger partial charge is 0.478 e. The van der Waals surface area contributed by atoms with Crippen LogP contribution < -0.4 is 0 Å². The number of hydrogen-bond acceptors (Lipinski definition) is 4. The molecule has 16 heavy (non-hydrogen) atoms. The van der Waals surface area contributed by atoms with E-state index in [0.717, 1.165) is 0 Å². The summed E-state index contributed by atoms with van der Waals surface area (Å²) >= 11 is 0. The van der Waals surface area contributed by atoms with Gasteiger partial charge in [-0.05, 0) is 12.1 Å². The van der Waals surface area contributed by atoms with Gasteiger partial charge in [0.2, 0.25) is 0 Å². The lowest BCUT2D eigenvalue weighted by Crippen LogP contribution is -2.05. The number of carboxylic acid groups (broad SMARTS) is 1. The molecule has 0 saturated heterocycles. The summed E-state index contributed by atoms with van der Waals surface area (Å²) in [4.78, 5) is 33.4. The Hall–Kier alpha value is -2.43. The summed E-state index contributed by atoms with van der Waals surface area (Å²) in [5.74, 6) is -2.79. The number of cyclic esters (lactones) is 2. The minimum absolute atomic E-state index is 0.0279. The van der Waals surface area contributed by atoms with Crippen LogP contribution in [-0.4, -0.2) is 23.0 Å². The number of rotatable bonds is 2. The monoisotopic (exact) mass is 218 g/mol. The second-order valence-corrected chi connectivity index (χ2v) is 3.14. The molecule has 1 aromatic carbocycles. The minimum atomic E-state index is -1.19. The molecule has 0 atom stereocenters. The van der Waals surface area contributed by atoms with Crippen LogP contribution in [0.2, 0.25) is 0 Å². The molecular formula is C11H6O5. The third-order valence-corrected chi connectivity index (χ3v) is 2.29. The molecule has 1 aromatic rings. The van der Waals surface area contributed by atoms with Gasteiger partial charge >= 0.3 is 17.9 Å². The van der Waals surface area contributed by atoms with E-state index >= 15 is 0 Å². The SMILES string of the molecule is C=Cc1c(C(=O)O)ccc2c1C(=O)OC2=O. The first-order valence-corrected chi connectivity index (χ1v) is 4.35. The van der Waals surface area contributed by atoms with Gasteiger partial charge in [-0.3, -0.25) is 0 Å². The maximum atomic E-state index is 11.3. The highest BCUT2D eigenvalue weighted by atomic mass is 16.6. The number of carbonyl (C=O) groups is 3. The van der Waals surface area contributed by atoms with Gasteiger partial charge in [-0.2, -0.15) is 0 Å². The number of hydrogen-bond donors (Lipinski definition) is 1. The standard InChI is InChI=1S/C11H6O5/c1-2-5-6(9(12)13)3-4-7-8(5)11(15)16-10(7)14/h2-4H,1H2,(H,12,13). The molecule has 0 unspecified atom stereocenters. The lowest BCUT2D eigenvalue weighted by atomic mass is 9.97. The molecule has 1 aliphatic rings. The van der Waals surface area contributed by atoms with Crippen molar-refractivity contribution in [2.45, 2.75) is 0 Å². The molecule has 0 aromatic heterocycles. The minimum Gasteiger partial charge on any atom is -0.478 e. The number of fused-ring (bicyclic) bond motifs is 1. The van der Waals surface area contributed by atoms with E-state index in [2.05, 4.69) is 11.3 Å². The third-order valence-electron chi connectivity index (χ3n) is 2.29. The van der Waals surface area contributed by atoms with Crippen molar-refractivity contribution in [1.29, 1.82) is 0 Å². The van der Waals surface area contributed by atoms with Gasteiger partial charge in [0.15, 0.2) is 0 Å². The Balaban J connectivity index is 2.80. The van der Waals surface area contributed by atoms with Gasteiger partial charge in [0.25, 0.3) is 0 Å². The molecule has 80 valence electrons. The van der Waals surface area contributed by atoms with Gasteiger partial charge in [-0.25, -0.2) is 14.4 Å². The van der Waals surface area contributed by atoms with Crippen LogP contribution in [0.15, 0.2) is 18.7 Å². The molecule has 2 rings (SSSR count). The topological polar surface area (TPSA) is 80.7 Å². The first-order chi connectivity index (χ1) is 7.56. The molecule has 0 spiro atoms. The average Bonchev–Trinajstić information content (AvgIpc) is 2.53. The van der Waals surface area contributed by atoms with Crippen molar-refractivity contribution < 1.29 is 24.2 Å². The lowest BCUT2D eigenvalue weighted by molar-refractivity contribution is 0.0443. The summed E-state index contributed by atoms with van der Waals surface area (Å²) in [7, 11) is 0. The van der Waals surface area contributed by atoms with Gasteiger partial charge < -0.3 is 9.84 Å². The molecule has 5 heteroatoms. The summed E-state index contributed by atoms with van der Waals surface area (Å²) in [5.41, 5.74) is 0.0750. The zero-order valence-electron chi connectivity index (χ0n) is 8.02. The van der Waals surface area contributed by atoms with E-state index in [0.29, 0.717) is 0 Å². The maximum absolute atomic E-state index is 11.3. The predicted octanol–water partition coefficient (Wildman–Crippen LogP) is 1.34. The Morgan fingerprint density at radius 2 is 2.00 bits per heavy atom. The van der Waals surface area contributed by atoms with Crippen LogP contribution in [0.3, 0.4) is 0 Å². The van der Waals surface area contributed by atoms with Crippen LogP contribution >= 0.6 is 0 Å². The quantitative estimate of drug-likeness (QED) is 0.598. The summed E-state index contributed by atoms with van der Waals surface area (Å²) in [6.45, 7) is 3.43. The van der Waals surface area contributed by atoms with Crippen molar-refractivity contribution >= 4 is 24.0 Å². The maximum Gasteiger partial charge on any atom is 0.347 e. The van der Waals surface area contributed by atoms with Crippen LogP contribution in [0.25, 0.3) is 6.08 Å². The predicted molar refractivity (Wildman–Crippen MR) is 53.2 cm³/mol. The molecule has 1 heterocycles. The number of carbonyl (C=O) groups excluding carboxylic acids is 2. The second-order valence-electron chi connectivity index (χ2n) is 3.14. The molecule has 0 bridgehead atoms. The first kappa shape index (κ1) is 10.1. The summed E-state index contributed by atoms with van der Waals surface area (Å²) < 4.78 is 4.39. The van der Waals surface area contributed by atoms with Gasteiger partial charge in [0.1, 0.15) is 0 Å². The van der Waals surface area contributed by atoms with Crippen LogP contribution in [0.5, 0.6) is 0 Å². The molecule has 0 amide bonds. The van der Waals surface area contributed by atoms with E-state index in [1.807, 2.05) is 0 Å². The molecule has 0 aliphatic carbocycles. The van der Waals surface area contributed by atoms with Crippen molar-refractivity contribution in [3.05, 3.63) is 41.0 Å². The summed E-state index contributed by atoms with van der Waals surface area (Å²) in [5, 5.41) is 8.90. The number of ether oxygens (including phenoxy) is 1. The number of esters is 2. The molecule has 1 N–H and O–H groups in total. The number of aromatic carboxylic acids is 1. The van der Waals surface area contributed by atoms with E-state index in [-0.39, 0.29) is 22.3 Å². The van der Waals surface area contributed by atoms with Gasteiger partial charge in [0, 0.05) is 5.56 Å². The fourth-order valence-corrected chi connectivity index (χ4v) is 1.60. The van der Waals surface area contributed by atoms with Crippen molar-refractivity contribution in [2.75, 3.05) is 0 Å².